The predicted octanol–water partition coefficient (Wildman–Crippen LogP) is 3.14. The highest BCUT2D eigenvalue weighted by molar-refractivity contribution is 6.30. The van der Waals surface area contributed by atoms with Crippen LogP contribution in [0.2, 0.25) is 5.02 Å². The Kier molecular flexibility index (Phi) is 5.86. The number of amides is 1. The lowest BCUT2D eigenvalue weighted by Crippen LogP contribution is -2.43. The van der Waals surface area contributed by atoms with Gasteiger partial charge in [0.15, 0.2) is 0 Å². The molecule has 0 radical (unpaired) electrons. The number of morpholine rings is 1. The molecular weight excluding hydrogens is 324 g/mol. The van der Waals surface area contributed by atoms with Gasteiger partial charge in [0.1, 0.15) is 0 Å². The minimum absolute atomic E-state index is 0.0625. The first kappa shape index (κ1) is 17.0. The number of ether oxygens (including phenoxy) is 1. The minimum Gasteiger partial charge on any atom is -0.379 e. The third-order valence-electron chi connectivity index (χ3n) is 4.16. The summed E-state index contributed by atoms with van der Waals surface area (Å²) in [5.74, 6) is -0.0891. The molecule has 1 atom stereocenters. The van der Waals surface area contributed by atoms with Crippen LogP contribution in [0.5, 0.6) is 0 Å². The van der Waals surface area contributed by atoms with Crippen LogP contribution in [0.1, 0.15) is 22.0 Å². The lowest BCUT2D eigenvalue weighted by molar-refractivity contribution is 0.0332. The van der Waals surface area contributed by atoms with E-state index in [0.717, 1.165) is 38.4 Å². The van der Waals surface area contributed by atoms with Crippen molar-refractivity contribution >= 4 is 17.5 Å². The summed E-state index contributed by atoms with van der Waals surface area (Å²) in [6.45, 7) is 4.03. The first-order valence-electron chi connectivity index (χ1n) is 8.14. The number of nitrogens with one attached hydrogen (secondary N) is 1. The highest BCUT2D eigenvalue weighted by Crippen LogP contribution is 2.17. The van der Waals surface area contributed by atoms with Crippen LogP contribution in [-0.4, -0.2) is 43.7 Å². The average Bonchev–Trinajstić information content (AvgIpc) is 2.63. The van der Waals surface area contributed by atoms with E-state index in [4.69, 9.17) is 16.3 Å². The molecule has 0 aromatic heterocycles. The van der Waals surface area contributed by atoms with Crippen LogP contribution >= 0.6 is 11.6 Å². The molecule has 0 unspecified atom stereocenters. The van der Waals surface area contributed by atoms with E-state index in [1.165, 1.54) is 0 Å². The van der Waals surface area contributed by atoms with Gasteiger partial charge in [-0.3, -0.25) is 9.69 Å². The molecule has 2 aromatic rings. The molecule has 2 aromatic carbocycles. The Morgan fingerprint density at radius 2 is 1.75 bits per heavy atom. The molecule has 4 nitrogen and oxygen atoms in total. The van der Waals surface area contributed by atoms with Gasteiger partial charge in [-0.2, -0.15) is 0 Å². The van der Waals surface area contributed by atoms with E-state index in [0.29, 0.717) is 10.6 Å². The summed E-state index contributed by atoms with van der Waals surface area (Å²) in [6, 6.07) is 17.0. The van der Waals surface area contributed by atoms with Crippen molar-refractivity contribution in [3.8, 4) is 0 Å². The van der Waals surface area contributed by atoms with Gasteiger partial charge in [0.25, 0.3) is 5.91 Å². The minimum atomic E-state index is -0.0891. The normalized spacial score (nSPS) is 16.5. The van der Waals surface area contributed by atoms with Crippen molar-refractivity contribution in [3.63, 3.8) is 0 Å². The molecule has 5 heteroatoms. The number of halogens is 1. The number of hydrogen-bond donors (Lipinski definition) is 1. The first-order valence-corrected chi connectivity index (χ1v) is 8.51. The molecule has 3 rings (SSSR count). The van der Waals surface area contributed by atoms with Crippen LogP contribution in [0.25, 0.3) is 0 Å². The monoisotopic (exact) mass is 344 g/mol. The standard InChI is InChI=1S/C19H21ClN2O2/c20-17-8-6-16(7-9-17)19(23)21-18(15-4-2-1-3-5-15)14-22-10-12-24-13-11-22/h1-9,18H,10-14H2,(H,21,23)/t18-/m0/s1. The van der Waals surface area contributed by atoms with Crippen molar-refractivity contribution in [2.45, 2.75) is 6.04 Å². The van der Waals surface area contributed by atoms with Crippen molar-refractivity contribution in [1.29, 1.82) is 0 Å². The fraction of sp³-hybridized carbons (Fsp3) is 0.316. The summed E-state index contributed by atoms with van der Waals surface area (Å²) in [6.07, 6.45) is 0. The molecule has 1 N–H and O–H groups in total. The van der Waals surface area contributed by atoms with Gasteiger partial charge in [-0.25, -0.2) is 0 Å². The van der Waals surface area contributed by atoms with Gasteiger partial charge in [0.2, 0.25) is 0 Å². The molecule has 1 heterocycles. The number of hydrogen-bond acceptors (Lipinski definition) is 3. The van der Waals surface area contributed by atoms with E-state index < -0.39 is 0 Å². The Morgan fingerprint density at radius 1 is 1.08 bits per heavy atom. The van der Waals surface area contributed by atoms with E-state index in [2.05, 4.69) is 10.2 Å². The van der Waals surface area contributed by atoms with Gasteiger partial charge < -0.3 is 10.1 Å². The molecule has 1 aliphatic heterocycles. The molecule has 0 aliphatic carbocycles. The maximum Gasteiger partial charge on any atom is 0.251 e. The van der Waals surface area contributed by atoms with Crippen LogP contribution in [0.3, 0.4) is 0 Å². The molecule has 0 spiro atoms. The fourth-order valence-electron chi connectivity index (χ4n) is 2.80. The summed E-state index contributed by atoms with van der Waals surface area (Å²) in [5, 5.41) is 3.78. The van der Waals surface area contributed by atoms with E-state index >= 15 is 0 Å². The number of rotatable bonds is 5. The summed E-state index contributed by atoms with van der Waals surface area (Å²) < 4.78 is 5.41. The molecule has 24 heavy (non-hydrogen) atoms. The van der Waals surface area contributed by atoms with E-state index in [1.807, 2.05) is 30.3 Å². The van der Waals surface area contributed by atoms with E-state index in [-0.39, 0.29) is 11.9 Å². The Labute approximate surface area is 147 Å². The van der Waals surface area contributed by atoms with Gasteiger partial charge in [-0.1, -0.05) is 41.9 Å². The maximum atomic E-state index is 12.6. The van der Waals surface area contributed by atoms with Crippen LogP contribution in [0.15, 0.2) is 54.6 Å². The Bertz CT molecular complexity index is 655. The van der Waals surface area contributed by atoms with Crippen molar-refractivity contribution in [3.05, 3.63) is 70.7 Å². The highest BCUT2D eigenvalue weighted by atomic mass is 35.5. The lowest BCUT2D eigenvalue weighted by Gasteiger charge is -2.31. The molecule has 1 fully saturated rings. The number of carbonyl (C=O) groups is 1. The second-order valence-electron chi connectivity index (χ2n) is 5.86. The number of nitrogens with zero attached hydrogens (tertiary/aromatic N) is 1. The van der Waals surface area contributed by atoms with Crippen LogP contribution < -0.4 is 5.32 Å². The van der Waals surface area contributed by atoms with Crippen molar-refractivity contribution < 1.29 is 9.53 Å². The lowest BCUT2D eigenvalue weighted by atomic mass is 10.1. The first-order chi connectivity index (χ1) is 11.7. The zero-order chi connectivity index (χ0) is 16.8. The smallest absolute Gasteiger partial charge is 0.251 e. The molecule has 0 bridgehead atoms. The Morgan fingerprint density at radius 3 is 2.42 bits per heavy atom. The van der Waals surface area contributed by atoms with Crippen LogP contribution in [0, 0.1) is 0 Å². The zero-order valence-corrected chi connectivity index (χ0v) is 14.2. The number of carbonyl (C=O) groups excluding carboxylic acids is 1. The summed E-state index contributed by atoms with van der Waals surface area (Å²) in [4.78, 5) is 14.9. The second-order valence-corrected chi connectivity index (χ2v) is 6.29. The molecule has 1 saturated heterocycles. The van der Waals surface area contributed by atoms with Crippen LogP contribution in [0.4, 0.5) is 0 Å². The predicted molar refractivity (Wildman–Crippen MR) is 95.4 cm³/mol. The SMILES string of the molecule is O=C(N[C@@H](CN1CCOCC1)c1ccccc1)c1ccc(Cl)cc1. The van der Waals surface area contributed by atoms with Crippen molar-refractivity contribution in [2.24, 2.45) is 0 Å². The third kappa shape index (κ3) is 4.57. The van der Waals surface area contributed by atoms with Crippen molar-refractivity contribution in [2.75, 3.05) is 32.8 Å². The van der Waals surface area contributed by atoms with E-state index in [9.17, 15) is 4.79 Å². The summed E-state index contributed by atoms with van der Waals surface area (Å²) >= 11 is 5.90. The maximum absolute atomic E-state index is 12.6. The summed E-state index contributed by atoms with van der Waals surface area (Å²) in [7, 11) is 0. The largest absolute Gasteiger partial charge is 0.379 e. The van der Waals surface area contributed by atoms with Gasteiger partial charge >= 0.3 is 0 Å². The second kappa shape index (κ2) is 8.29. The third-order valence-corrected chi connectivity index (χ3v) is 4.41. The van der Waals surface area contributed by atoms with E-state index in [1.54, 1.807) is 24.3 Å². The van der Waals surface area contributed by atoms with Gasteiger partial charge in [0, 0.05) is 30.2 Å². The Balaban J connectivity index is 1.73. The number of benzene rings is 2. The average molecular weight is 345 g/mol. The van der Waals surface area contributed by atoms with Gasteiger partial charge in [-0.05, 0) is 29.8 Å². The molecular formula is C19H21ClN2O2. The van der Waals surface area contributed by atoms with Crippen molar-refractivity contribution in [1.82, 2.24) is 10.2 Å². The summed E-state index contributed by atoms with van der Waals surface area (Å²) in [5.41, 5.74) is 1.72. The van der Waals surface area contributed by atoms with Gasteiger partial charge in [-0.15, -0.1) is 0 Å². The van der Waals surface area contributed by atoms with Crippen LogP contribution in [-0.2, 0) is 4.74 Å². The quantitative estimate of drug-likeness (QED) is 0.906. The molecule has 126 valence electrons. The topological polar surface area (TPSA) is 41.6 Å². The van der Waals surface area contributed by atoms with Gasteiger partial charge in [0.05, 0.1) is 19.3 Å². The zero-order valence-electron chi connectivity index (χ0n) is 13.5. The fourth-order valence-corrected chi connectivity index (χ4v) is 2.93. The molecule has 1 aliphatic rings. The Hall–Kier alpha value is -1.88. The molecule has 0 saturated carbocycles. The highest BCUT2D eigenvalue weighted by Gasteiger charge is 2.20. The molecule has 1 amide bonds.